The minimum absolute atomic E-state index is 0.0258. The first-order valence-electron chi connectivity index (χ1n) is 17.5. The molecule has 13 nitrogen and oxygen atoms in total. The molecule has 7 rings (SSSR count). The first-order chi connectivity index (χ1) is 24.6. The van der Waals surface area contributed by atoms with E-state index in [1.165, 1.54) is 27.7 Å². The van der Waals surface area contributed by atoms with E-state index in [1.807, 2.05) is 6.92 Å². The average molecular weight is 740 g/mol. The Kier molecular flexibility index (Phi) is 9.23. The number of rotatable bonds is 11. The predicted octanol–water partition coefficient (Wildman–Crippen LogP) is 5.22. The van der Waals surface area contributed by atoms with Crippen molar-refractivity contribution in [1.82, 2.24) is 33.8 Å². The molecule has 0 radical (unpaired) electrons. The summed E-state index contributed by atoms with van der Waals surface area (Å²) in [5.74, 6) is -2.11. The number of nitrogens with zero attached hydrogens (tertiary/aromatic N) is 7. The Morgan fingerprint density at radius 3 is 2.48 bits per heavy atom. The molecule has 4 aromatic heterocycles. The molecule has 6 heterocycles. The van der Waals surface area contributed by atoms with Gasteiger partial charge in [-0.3, -0.25) is 19.1 Å². The van der Waals surface area contributed by atoms with Crippen molar-refractivity contribution in [3.05, 3.63) is 69.9 Å². The Bertz CT molecular complexity index is 2150. The number of carbonyl (C=O) groups is 1. The second kappa shape index (κ2) is 13.3. The van der Waals surface area contributed by atoms with E-state index >= 15 is 0 Å². The predicted molar refractivity (Wildman–Crippen MR) is 185 cm³/mol. The molecule has 2 aliphatic heterocycles. The van der Waals surface area contributed by atoms with Gasteiger partial charge in [0.1, 0.15) is 17.1 Å². The minimum Gasteiger partial charge on any atom is -0.481 e. The number of aromatic nitrogens is 5. The van der Waals surface area contributed by atoms with Crippen molar-refractivity contribution < 1.29 is 36.6 Å². The van der Waals surface area contributed by atoms with Crippen molar-refractivity contribution in [1.29, 1.82) is 0 Å². The van der Waals surface area contributed by atoms with Crippen LogP contribution in [0.3, 0.4) is 0 Å². The van der Waals surface area contributed by atoms with E-state index in [1.54, 1.807) is 52.0 Å². The fraction of sp³-hybridized carbons (Fsp3) is 0.528. The summed E-state index contributed by atoms with van der Waals surface area (Å²) in [5, 5.41) is 18.1. The van der Waals surface area contributed by atoms with Crippen LogP contribution in [-0.4, -0.2) is 91.7 Å². The molecular weight excluding hydrogens is 697 g/mol. The molecule has 2 fully saturated rings. The van der Waals surface area contributed by atoms with Gasteiger partial charge in [0, 0.05) is 29.9 Å². The lowest BCUT2D eigenvalue weighted by Crippen LogP contribution is -2.38. The van der Waals surface area contributed by atoms with Gasteiger partial charge in [-0.1, -0.05) is 6.07 Å². The van der Waals surface area contributed by atoms with Gasteiger partial charge in [0.15, 0.2) is 5.65 Å². The summed E-state index contributed by atoms with van der Waals surface area (Å²) in [4.78, 5) is 24.6. The molecule has 16 heteroatoms. The fourth-order valence-electron chi connectivity index (χ4n) is 7.25. The van der Waals surface area contributed by atoms with Crippen LogP contribution in [0.1, 0.15) is 91.3 Å². The molecule has 278 valence electrons. The fourth-order valence-corrected chi connectivity index (χ4v) is 8.86. The third-order valence-electron chi connectivity index (χ3n) is 10.7. The Balaban J connectivity index is 1.23. The number of likely N-dealkylation sites (tertiary alicyclic amines) is 1. The van der Waals surface area contributed by atoms with E-state index in [4.69, 9.17) is 14.5 Å². The van der Waals surface area contributed by atoms with Gasteiger partial charge in [0.05, 0.1) is 24.2 Å². The summed E-state index contributed by atoms with van der Waals surface area (Å²) in [5.41, 5.74) is 1.13. The molecule has 3 aliphatic rings. The highest BCUT2D eigenvalue weighted by molar-refractivity contribution is 7.89. The monoisotopic (exact) mass is 739 g/mol. The van der Waals surface area contributed by atoms with Crippen molar-refractivity contribution >= 4 is 21.6 Å². The maximum atomic E-state index is 14.4. The normalized spacial score (nSPS) is 19.1. The van der Waals surface area contributed by atoms with Gasteiger partial charge in [0.25, 0.3) is 6.43 Å². The zero-order valence-corrected chi connectivity index (χ0v) is 30.7. The molecule has 52 heavy (non-hydrogen) atoms. The number of ether oxygens (including phenoxy) is 2. The maximum absolute atomic E-state index is 14.4. The molecule has 1 aliphatic carbocycles. The molecule has 0 bridgehead atoms. The molecule has 1 N–H and O–H groups in total. The van der Waals surface area contributed by atoms with E-state index < -0.39 is 45.2 Å². The number of fused-ring (bicyclic) bond motifs is 2. The van der Waals surface area contributed by atoms with Crippen molar-refractivity contribution in [3.63, 3.8) is 0 Å². The first kappa shape index (κ1) is 36.1. The largest absolute Gasteiger partial charge is 0.481 e. The number of hydrogen-bond donors (Lipinski definition) is 1. The molecule has 1 spiro atoms. The number of aryl methyl sites for hydroxylation is 3. The molecule has 1 atom stereocenters. The number of carboxylic acids is 1. The van der Waals surface area contributed by atoms with Crippen LogP contribution in [0.4, 0.5) is 8.78 Å². The standard InChI is InChI=1S/C36H43F2N7O6S/c1-21-8-9-25(28(35(4,5)34(46)47)24-10-15-45-30(23(24)3)41-42-31(45)29(37)38)39-26(21)19-44-20-36(11-12-36)51-33-27(52(44,48)49)18-22(2)32(40-33)50-17-16-43-13-6-7-14-43/h8-10,15,18,28-29H,6-7,11-14,16-17,19-20H2,1-5H3,(H,46,47)/t28-/m1/s1. The van der Waals surface area contributed by atoms with Crippen LogP contribution < -0.4 is 9.47 Å². The number of alkyl halides is 2. The maximum Gasteiger partial charge on any atom is 0.310 e. The summed E-state index contributed by atoms with van der Waals surface area (Å²) in [6.45, 7) is 11.7. The summed E-state index contributed by atoms with van der Waals surface area (Å²) >= 11 is 0. The van der Waals surface area contributed by atoms with Crippen LogP contribution in [0.25, 0.3) is 5.65 Å². The number of halogens is 2. The number of pyridine rings is 3. The lowest BCUT2D eigenvalue weighted by molar-refractivity contribution is -0.147. The number of sulfonamides is 1. The lowest BCUT2D eigenvalue weighted by Gasteiger charge is -2.32. The Labute approximate surface area is 301 Å². The smallest absolute Gasteiger partial charge is 0.310 e. The third-order valence-corrected chi connectivity index (χ3v) is 12.5. The van der Waals surface area contributed by atoms with Crippen LogP contribution in [-0.2, 0) is 21.4 Å². The van der Waals surface area contributed by atoms with Crippen molar-refractivity contribution in [2.75, 3.05) is 32.8 Å². The second-order valence-corrected chi connectivity index (χ2v) is 16.7. The van der Waals surface area contributed by atoms with Gasteiger partial charge in [-0.25, -0.2) is 17.2 Å². The number of carboxylic acid groups (broad SMARTS) is 1. The average Bonchev–Trinajstić information content (AvgIpc) is 3.44. The van der Waals surface area contributed by atoms with E-state index in [-0.39, 0.29) is 29.5 Å². The highest BCUT2D eigenvalue weighted by Gasteiger charge is 2.53. The Morgan fingerprint density at radius 1 is 1.08 bits per heavy atom. The molecule has 4 aromatic rings. The van der Waals surface area contributed by atoms with Crippen LogP contribution in [0.2, 0.25) is 0 Å². The Morgan fingerprint density at radius 2 is 1.81 bits per heavy atom. The van der Waals surface area contributed by atoms with Gasteiger partial charge < -0.3 is 14.6 Å². The summed E-state index contributed by atoms with van der Waals surface area (Å²) in [6.07, 6.45) is 2.21. The first-order valence-corrected chi connectivity index (χ1v) is 18.9. The molecule has 1 saturated carbocycles. The van der Waals surface area contributed by atoms with E-state index in [0.717, 1.165) is 19.6 Å². The molecule has 0 aromatic carbocycles. The van der Waals surface area contributed by atoms with Crippen LogP contribution in [0.15, 0.2) is 35.4 Å². The van der Waals surface area contributed by atoms with Gasteiger partial charge in [-0.15, -0.1) is 10.2 Å². The zero-order chi connectivity index (χ0) is 37.2. The Hall–Kier alpha value is -4.28. The van der Waals surface area contributed by atoms with Gasteiger partial charge in [-0.2, -0.15) is 9.29 Å². The quantitative estimate of drug-likeness (QED) is 0.216. The number of hydrogen-bond acceptors (Lipinski definition) is 10. The summed E-state index contributed by atoms with van der Waals surface area (Å²) in [7, 11) is -4.13. The highest BCUT2D eigenvalue weighted by Crippen LogP contribution is 2.47. The van der Waals surface area contributed by atoms with Gasteiger partial charge >= 0.3 is 5.97 Å². The van der Waals surface area contributed by atoms with Crippen molar-refractivity contribution in [2.24, 2.45) is 5.41 Å². The van der Waals surface area contributed by atoms with Crippen LogP contribution >= 0.6 is 0 Å². The third kappa shape index (κ3) is 6.49. The van der Waals surface area contributed by atoms with Crippen molar-refractivity contribution in [3.8, 4) is 11.8 Å². The van der Waals surface area contributed by atoms with Gasteiger partial charge in [-0.05, 0) is 108 Å². The minimum atomic E-state index is -4.13. The SMILES string of the molecule is Cc1ccc([C@@H](c2ccn3c(C(F)F)nnc3c2C)C(C)(C)C(=O)O)nc1CN1CC2(CC2)Oc2nc(OCCN3CCCC3)c(C)cc2S1(=O)=O. The van der Waals surface area contributed by atoms with Gasteiger partial charge in [0.2, 0.25) is 27.6 Å². The topological polar surface area (TPSA) is 152 Å². The molecule has 1 saturated heterocycles. The van der Waals surface area contributed by atoms with Crippen LogP contribution in [0.5, 0.6) is 11.8 Å². The highest BCUT2D eigenvalue weighted by atomic mass is 32.2. The molecular formula is C36H43F2N7O6S. The van der Waals surface area contributed by atoms with E-state index in [9.17, 15) is 27.1 Å². The number of aliphatic carboxylic acids is 1. The van der Waals surface area contributed by atoms with E-state index in [0.29, 0.717) is 59.0 Å². The zero-order valence-electron chi connectivity index (χ0n) is 29.9. The molecule has 0 amide bonds. The summed E-state index contributed by atoms with van der Waals surface area (Å²) < 4.78 is 71.0. The van der Waals surface area contributed by atoms with E-state index in [2.05, 4.69) is 20.1 Å². The van der Waals surface area contributed by atoms with Crippen molar-refractivity contribution in [2.45, 2.75) is 89.7 Å². The summed E-state index contributed by atoms with van der Waals surface area (Å²) in [6, 6.07) is 6.67. The van der Waals surface area contributed by atoms with Crippen LogP contribution in [0, 0.1) is 26.2 Å². The molecule has 0 unspecified atom stereocenters. The second-order valence-electron chi connectivity index (χ2n) is 14.8. The lowest BCUT2D eigenvalue weighted by atomic mass is 9.72.